The topological polar surface area (TPSA) is 0 Å². The Labute approximate surface area is 107 Å². The second-order valence-corrected chi connectivity index (χ2v) is 3.79. The van der Waals surface area contributed by atoms with Crippen molar-refractivity contribution in [3.8, 4) is 0 Å². The highest BCUT2D eigenvalue weighted by Crippen LogP contribution is 2.43. The van der Waals surface area contributed by atoms with Crippen LogP contribution in [0.4, 0.5) is 39.5 Å². The van der Waals surface area contributed by atoms with Crippen LogP contribution in [0.1, 0.15) is 22.3 Å². The Balaban J connectivity index is 3.75. The van der Waals surface area contributed by atoms with Gasteiger partial charge in [-0.25, -0.2) is 0 Å². The molecule has 20 heavy (non-hydrogen) atoms. The van der Waals surface area contributed by atoms with E-state index in [2.05, 4.69) is 6.92 Å². The molecule has 0 spiro atoms. The molecule has 1 aromatic rings. The molecule has 0 aliphatic carbocycles. The lowest BCUT2D eigenvalue weighted by Gasteiger charge is -2.20. The van der Waals surface area contributed by atoms with Crippen molar-refractivity contribution in [2.24, 2.45) is 0 Å². The summed E-state index contributed by atoms with van der Waals surface area (Å²) in [7, 11) is 0. The molecular formula is C11H6F9. The third-order valence-electron chi connectivity index (χ3n) is 2.44. The van der Waals surface area contributed by atoms with Gasteiger partial charge in [-0.05, 0) is 31.0 Å². The molecule has 0 aromatic heterocycles. The first-order valence-corrected chi connectivity index (χ1v) is 4.96. The molecule has 0 saturated carbocycles. The van der Waals surface area contributed by atoms with E-state index in [1.807, 2.05) is 0 Å². The van der Waals surface area contributed by atoms with Crippen LogP contribution in [0, 0.1) is 6.92 Å². The van der Waals surface area contributed by atoms with Crippen LogP contribution in [0.2, 0.25) is 0 Å². The van der Waals surface area contributed by atoms with Crippen LogP contribution in [0.3, 0.4) is 0 Å². The summed E-state index contributed by atoms with van der Waals surface area (Å²) in [6.07, 6.45) is -16.9. The lowest BCUT2D eigenvalue weighted by atomic mass is 9.94. The number of hydrogen-bond acceptors (Lipinski definition) is 0. The van der Waals surface area contributed by atoms with E-state index in [1.54, 1.807) is 0 Å². The standard InChI is InChI=1S/C11H6F9/c1-2-6-7(10(15,16)17)3-5(9(12,13)14)4-8(6)11(18,19)20/h3-4H,1-2H2. The molecule has 0 atom stereocenters. The van der Waals surface area contributed by atoms with E-state index in [-0.39, 0.29) is 12.1 Å². The van der Waals surface area contributed by atoms with E-state index < -0.39 is 47.2 Å². The highest BCUT2D eigenvalue weighted by Gasteiger charge is 2.44. The van der Waals surface area contributed by atoms with Gasteiger partial charge in [-0.2, -0.15) is 39.5 Å². The van der Waals surface area contributed by atoms with Gasteiger partial charge in [-0.1, -0.05) is 0 Å². The summed E-state index contributed by atoms with van der Waals surface area (Å²) in [5, 5.41) is 0. The quantitative estimate of drug-likeness (QED) is 0.632. The smallest absolute Gasteiger partial charge is 0.166 e. The minimum atomic E-state index is -5.34. The molecular weight excluding hydrogens is 303 g/mol. The van der Waals surface area contributed by atoms with Crippen LogP contribution in [-0.4, -0.2) is 0 Å². The Hall–Kier alpha value is -1.41. The van der Waals surface area contributed by atoms with Gasteiger partial charge in [-0.3, -0.25) is 0 Å². The van der Waals surface area contributed by atoms with Gasteiger partial charge in [0, 0.05) is 0 Å². The van der Waals surface area contributed by atoms with E-state index in [0.717, 1.165) is 0 Å². The predicted molar refractivity (Wildman–Crippen MR) is 50.5 cm³/mol. The van der Waals surface area contributed by atoms with Crippen molar-refractivity contribution < 1.29 is 39.5 Å². The van der Waals surface area contributed by atoms with Crippen LogP contribution in [-0.2, 0) is 24.9 Å². The summed E-state index contributed by atoms with van der Waals surface area (Å²) in [5.41, 5.74) is -7.27. The molecule has 113 valence electrons. The molecule has 0 fully saturated rings. The maximum atomic E-state index is 12.6. The molecule has 0 bridgehead atoms. The van der Waals surface area contributed by atoms with Gasteiger partial charge in [0.2, 0.25) is 0 Å². The van der Waals surface area contributed by atoms with Crippen molar-refractivity contribution in [2.75, 3.05) is 0 Å². The summed E-state index contributed by atoms with van der Waals surface area (Å²) >= 11 is 0. The Morgan fingerprint density at radius 3 is 1.25 bits per heavy atom. The fourth-order valence-corrected chi connectivity index (χ4v) is 1.61. The minimum absolute atomic E-state index is 0.338. The largest absolute Gasteiger partial charge is 0.416 e. The zero-order chi connectivity index (χ0) is 15.9. The Bertz CT molecular complexity index is 455. The zero-order valence-corrected chi connectivity index (χ0v) is 9.47. The molecule has 9 heteroatoms. The average Bonchev–Trinajstić information content (AvgIpc) is 2.23. The number of rotatable bonds is 1. The molecule has 0 aliphatic rings. The summed E-state index contributed by atoms with van der Waals surface area (Å²) in [6, 6.07) is -0.675. The second kappa shape index (κ2) is 4.85. The van der Waals surface area contributed by atoms with Crippen LogP contribution in [0.25, 0.3) is 0 Å². The highest BCUT2D eigenvalue weighted by molar-refractivity contribution is 5.44. The highest BCUT2D eigenvalue weighted by atomic mass is 19.4. The van der Waals surface area contributed by atoms with E-state index >= 15 is 0 Å². The van der Waals surface area contributed by atoms with Crippen molar-refractivity contribution in [2.45, 2.75) is 24.9 Å². The molecule has 1 rings (SSSR count). The molecule has 1 radical (unpaired) electrons. The van der Waals surface area contributed by atoms with E-state index in [1.165, 1.54) is 0 Å². The van der Waals surface area contributed by atoms with Gasteiger partial charge >= 0.3 is 18.5 Å². The maximum Gasteiger partial charge on any atom is 0.416 e. The summed E-state index contributed by atoms with van der Waals surface area (Å²) < 4.78 is 113. The third kappa shape index (κ3) is 3.37. The lowest BCUT2D eigenvalue weighted by Crippen LogP contribution is -2.19. The van der Waals surface area contributed by atoms with Gasteiger partial charge in [0.1, 0.15) is 0 Å². The molecule has 1 aromatic carbocycles. The van der Waals surface area contributed by atoms with E-state index in [4.69, 9.17) is 0 Å². The predicted octanol–water partition coefficient (Wildman–Crippen LogP) is 5.12. The van der Waals surface area contributed by atoms with Gasteiger partial charge in [-0.15, -0.1) is 0 Å². The van der Waals surface area contributed by atoms with Gasteiger partial charge in [0.15, 0.2) is 0 Å². The van der Waals surface area contributed by atoms with Crippen LogP contribution < -0.4 is 0 Å². The molecule has 0 nitrogen and oxygen atoms in total. The second-order valence-electron chi connectivity index (χ2n) is 3.79. The van der Waals surface area contributed by atoms with Crippen molar-refractivity contribution in [3.05, 3.63) is 41.3 Å². The summed E-state index contributed by atoms with van der Waals surface area (Å²) in [4.78, 5) is 0. The molecule has 0 unspecified atom stereocenters. The minimum Gasteiger partial charge on any atom is -0.166 e. The Morgan fingerprint density at radius 1 is 0.700 bits per heavy atom. The fourth-order valence-electron chi connectivity index (χ4n) is 1.61. The summed E-state index contributed by atoms with van der Waals surface area (Å²) in [5.74, 6) is 0. The molecule has 0 amide bonds. The monoisotopic (exact) mass is 309 g/mol. The van der Waals surface area contributed by atoms with E-state index in [9.17, 15) is 39.5 Å². The van der Waals surface area contributed by atoms with Gasteiger partial charge in [0.05, 0.1) is 16.7 Å². The Kier molecular flexibility index (Phi) is 4.04. The van der Waals surface area contributed by atoms with Crippen LogP contribution >= 0.6 is 0 Å². The zero-order valence-electron chi connectivity index (χ0n) is 9.47. The van der Waals surface area contributed by atoms with Gasteiger partial charge < -0.3 is 0 Å². The van der Waals surface area contributed by atoms with Crippen molar-refractivity contribution in [3.63, 3.8) is 0 Å². The van der Waals surface area contributed by atoms with Crippen molar-refractivity contribution in [1.29, 1.82) is 0 Å². The number of benzene rings is 1. The Morgan fingerprint density at radius 2 is 1.05 bits per heavy atom. The first kappa shape index (κ1) is 16.6. The first-order valence-electron chi connectivity index (χ1n) is 4.96. The first-order chi connectivity index (χ1) is 8.78. The molecule has 0 saturated heterocycles. The number of hydrogen-bond donors (Lipinski definition) is 0. The third-order valence-corrected chi connectivity index (χ3v) is 2.44. The van der Waals surface area contributed by atoms with Crippen molar-refractivity contribution >= 4 is 0 Å². The van der Waals surface area contributed by atoms with Gasteiger partial charge in [0.25, 0.3) is 0 Å². The summed E-state index contributed by atoms with van der Waals surface area (Å²) in [6.45, 7) is 2.91. The normalized spacial score (nSPS) is 13.7. The maximum absolute atomic E-state index is 12.6. The molecule has 0 aliphatic heterocycles. The average molecular weight is 309 g/mol. The fraction of sp³-hybridized carbons (Fsp3) is 0.364. The van der Waals surface area contributed by atoms with Crippen LogP contribution in [0.15, 0.2) is 12.1 Å². The lowest BCUT2D eigenvalue weighted by molar-refractivity contribution is -0.149. The van der Waals surface area contributed by atoms with Crippen LogP contribution in [0.5, 0.6) is 0 Å². The number of alkyl halides is 9. The van der Waals surface area contributed by atoms with Crippen molar-refractivity contribution in [1.82, 2.24) is 0 Å². The molecule has 0 heterocycles. The molecule has 0 N–H and O–H groups in total. The number of halogens is 9. The SMILES string of the molecule is [CH2]Cc1c(C(F)(F)F)cc(C(F)(F)F)cc1C(F)(F)F. The van der Waals surface area contributed by atoms with E-state index in [0.29, 0.717) is 0 Å².